The van der Waals surface area contributed by atoms with Crippen LogP contribution < -0.4 is 14.8 Å². The average molecular weight is 449 g/mol. The lowest BCUT2D eigenvalue weighted by Gasteiger charge is -2.28. The van der Waals surface area contributed by atoms with Crippen LogP contribution in [0.4, 0.5) is 0 Å². The number of carbonyl (C=O) groups is 1. The summed E-state index contributed by atoms with van der Waals surface area (Å²) in [6, 6.07) is 11.4. The fourth-order valence-electron chi connectivity index (χ4n) is 4.52. The SMILES string of the molecule is COc1cccc(O[C@H](C)C(=O)NCC2CCC(c3nn(C)cc3-c3ccncc3)CC2)c1. The highest BCUT2D eigenvalue weighted by molar-refractivity contribution is 5.80. The molecular weight excluding hydrogens is 416 g/mol. The molecule has 1 saturated carbocycles. The molecule has 7 heteroatoms. The van der Waals surface area contributed by atoms with E-state index in [4.69, 9.17) is 14.6 Å². The quantitative estimate of drug-likeness (QED) is 0.554. The van der Waals surface area contributed by atoms with Crippen LogP contribution in [-0.4, -0.2) is 40.4 Å². The number of methoxy groups -OCH3 is 1. The van der Waals surface area contributed by atoms with Crippen molar-refractivity contribution >= 4 is 5.91 Å². The minimum atomic E-state index is -0.565. The van der Waals surface area contributed by atoms with Crippen molar-refractivity contribution in [2.24, 2.45) is 13.0 Å². The molecule has 1 amide bonds. The number of hydrogen-bond donors (Lipinski definition) is 1. The van der Waals surface area contributed by atoms with Crippen LogP contribution in [0.25, 0.3) is 11.1 Å². The molecule has 1 fully saturated rings. The highest BCUT2D eigenvalue weighted by atomic mass is 16.5. The molecule has 0 unspecified atom stereocenters. The largest absolute Gasteiger partial charge is 0.497 e. The van der Waals surface area contributed by atoms with Crippen molar-refractivity contribution in [1.29, 1.82) is 0 Å². The lowest BCUT2D eigenvalue weighted by atomic mass is 9.79. The van der Waals surface area contributed by atoms with Gasteiger partial charge in [0.05, 0.1) is 12.8 Å². The second kappa shape index (κ2) is 10.5. The zero-order valence-electron chi connectivity index (χ0n) is 19.5. The molecule has 1 atom stereocenters. The topological polar surface area (TPSA) is 78.3 Å². The zero-order valence-corrected chi connectivity index (χ0v) is 19.5. The number of aryl methyl sites for hydroxylation is 1. The minimum Gasteiger partial charge on any atom is -0.497 e. The molecule has 174 valence electrons. The van der Waals surface area contributed by atoms with Crippen molar-refractivity contribution in [2.75, 3.05) is 13.7 Å². The predicted octanol–water partition coefficient (Wildman–Crippen LogP) is 4.35. The number of pyridine rings is 1. The summed E-state index contributed by atoms with van der Waals surface area (Å²) < 4.78 is 12.9. The van der Waals surface area contributed by atoms with Gasteiger partial charge in [-0.2, -0.15) is 5.10 Å². The molecular formula is C26H32N4O3. The molecule has 2 aromatic heterocycles. The van der Waals surface area contributed by atoms with Crippen LogP contribution in [0.2, 0.25) is 0 Å². The molecule has 33 heavy (non-hydrogen) atoms. The Balaban J connectivity index is 1.27. The van der Waals surface area contributed by atoms with Gasteiger partial charge in [0.15, 0.2) is 6.10 Å². The van der Waals surface area contributed by atoms with E-state index in [1.54, 1.807) is 20.1 Å². The van der Waals surface area contributed by atoms with E-state index in [1.165, 1.54) is 11.3 Å². The van der Waals surface area contributed by atoms with Crippen LogP contribution in [0.5, 0.6) is 11.5 Å². The standard InChI is InChI=1S/C26H32N4O3/c1-18(33-23-6-4-5-22(15-23)32-3)26(31)28-16-19-7-9-21(10-8-19)25-24(17-30(2)29-25)20-11-13-27-14-12-20/h4-6,11-15,17-19,21H,7-10,16H2,1-3H3,(H,28,31)/t18-,19?,21?/m1/s1. The molecule has 0 spiro atoms. The first-order valence-electron chi connectivity index (χ1n) is 11.6. The van der Waals surface area contributed by atoms with Crippen LogP contribution in [0.1, 0.15) is 44.2 Å². The third kappa shape index (κ3) is 5.72. The molecule has 2 heterocycles. The van der Waals surface area contributed by atoms with Gasteiger partial charge in [-0.1, -0.05) is 6.07 Å². The number of benzene rings is 1. The molecule has 1 aliphatic carbocycles. The van der Waals surface area contributed by atoms with Gasteiger partial charge in [-0.25, -0.2) is 0 Å². The number of rotatable bonds is 8. The Labute approximate surface area is 195 Å². The van der Waals surface area contributed by atoms with Crippen LogP contribution in [0.15, 0.2) is 55.0 Å². The van der Waals surface area contributed by atoms with E-state index < -0.39 is 6.10 Å². The van der Waals surface area contributed by atoms with Crippen LogP contribution in [0, 0.1) is 5.92 Å². The van der Waals surface area contributed by atoms with Crippen molar-refractivity contribution in [3.8, 4) is 22.6 Å². The van der Waals surface area contributed by atoms with Gasteiger partial charge >= 0.3 is 0 Å². The number of aromatic nitrogens is 3. The number of hydrogen-bond acceptors (Lipinski definition) is 5. The molecule has 3 aromatic rings. The lowest BCUT2D eigenvalue weighted by molar-refractivity contribution is -0.127. The fourth-order valence-corrected chi connectivity index (χ4v) is 4.52. The predicted molar refractivity (Wildman–Crippen MR) is 127 cm³/mol. The van der Waals surface area contributed by atoms with Gasteiger partial charge in [0.1, 0.15) is 11.5 Å². The van der Waals surface area contributed by atoms with Gasteiger partial charge in [-0.15, -0.1) is 0 Å². The summed E-state index contributed by atoms with van der Waals surface area (Å²) in [6.45, 7) is 2.45. The highest BCUT2D eigenvalue weighted by Crippen LogP contribution is 2.39. The summed E-state index contributed by atoms with van der Waals surface area (Å²) in [5, 5.41) is 7.86. The van der Waals surface area contributed by atoms with Crippen molar-refractivity contribution < 1.29 is 14.3 Å². The fraction of sp³-hybridized carbons (Fsp3) is 0.423. The Morgan fingerprint density at radius 2 is 1.88 bits per heavy atom. The van der Waals surface area contributed by atoms with E-state index in [2.05, 4.69) is 16.5 Å². The maximum Gasteiger partial charge on any atom is 0.260 e. The molecule has 0 aliphatic heterocycles. The normalized spacial score (nSPS) is 19.0. The summed E-state index contributed by atoms with van der Waals surface area (Å²) in [7, 11) is 3.59. The van der Waals surface area contributed by atoms with E-state index >= 15 is 0 Å². The number of nitrogens with zero attached hydrogens (tertiary/aromatic N) is 3. The Bertz CT molecular complexity index is 1060. The van der Waals surface area contributed by atoms with Gasteiger partial charge in [0.2, 0.25) is 0 Å². The summed E-state index contributed by atoms with van der Waals surface area (Å²) in [4.78, 5) is 16.7. The third-order valence-corrected chi connectivity index (χ3v) is 6.37. The van der Waals surface area contributed by atoms with E-state index in [0.29, 0.717) is 29.9 Å². The average Bonchev–Trinajstić information content (AvgIpc) is 3.25. The van der Waals surface area contributed by atoms with Crippen molar-refractivity contribution in [3.63, 3.8) is 0 Å². The van der Waals surface area contributed by atoms with Crippen LogP contribution in [0.3, 0.4) is 0 Å². The molecule has 1 aliphatic rings. The van der Waals surface area contributed by atoms with Crippen LogP contribution >= 0.6 is 0 Å². The molecule has 0 radical (unpaired) electrons. The number of nitrogens with one attached hydrogen (secondary N) is 1. The Morgan fingerprint density at radius 3 is 2.61 bits per heavy atom. The zero-order chi connectivity index (χ0) is 23.2. The highest BCUT2D eigenvalue weighted by Gasteiger charge is 2.27. The first-order chi connectivity index (χ1) is 16.0. The molecule has 0 saturated heterocycles. The Hall–Kier alpha value is -3.35. The smallest absolute Gasteiger partial charge is 0.260 e. The van der Waals surface area contributed by atoms with E-state index in [1.807, 2.05) is 54.5 Å². The molecule has 4 rings (SSSR count). The van der Waals surface area contributed by atoms with Gasteiger partial charge in [-0.05, 0) is 68.4 Å². The summed E-state index contributed by atoms with van der Waals surface area (Å²) in [5.74, 6) is 2.15. The number of amides is 1. The second-order valence-corrected chi connectivity index (χ2v) is 8.74. The van der Waals surface area contributed by atoms with Crippen molar-refractivity contribution in [1.82, 2.24) is 20.1 Å². The first-order valence-corrected chi connectivity index (χ1v) is 11.6. The summed E-state index contributed by atoms with van der Waals surface area (Å²) >= 11 is 0. The van der Waals surface area contributed by atoms with Crippen molar-refractivity contribution in [2.45, 2.75) is 44.6 Å². The van der Waals surface area contributed by atoms with Crippen molar-refractivity contribution in [3.05, 3.63) is 60.7 Å². The van der Waals surface area contributed by atoms with E-state index in [-0.39, 0.29) is 5.91 Å². The van der Waals surface area contributed by atoms with E-state index in [0.717, 1.165) is 31.2 Å². The summed E-state index contributed by atoms with van der Waals surface area (Å²) in [5.41, 5.74) is 3.53. The van der Waals surface area contributed by atoms with Gasteiger partial charge < -0.3 is 14.8 Å². The molecule has 1 N–H and O–H groups in total. The van der Waals surface area contributed by atoms with Crippen LogP contribution in [-0.2, 0) is 11.8 Å². The monoisotopic (exact) mass is 448 g/mol. The second-order valence-electron chi connectivity index (χ2n) is 8.74. The van der Waals surface area contributed by atoms with Gasteiger partial charge in [0, 0.05) is 49.7 Å². The molecule has 7 nitrogen and oxygen atoms in total. The Kier molecular flexibility index (Phi) is 7.27. The number of ether oxygens (including phenoxy) is 2. The number of carbonyl (C=O) groups excluding carboxylic acids is 1. The molecule has 1 aromatic carbocycles. The van der Waals surface area contributed by atoms with Gasteiger partial charge in [0.25, 0.3) is 5.91 Å². The first kappa shape index (κ1) is 22.8. The van der Waals surface area contributed by atoms with E-state index in [9.17, 15) is 4.79 Å². The Morgan fingerprint density at radius 1 is 1.15 bits per heavy atom. The maximum atomic E-state index is 12.5. The maximum absolute atomic E-state index is 12.5. The lowest BCUT2D eigenvalue weighted by Crippen LogP contribution is -2.39. The van der Waals surface area contributed by atoms with Gasteiger partial charge in [-0.3, -0.25) is 14.5 Å². The minimum absolute atomic E-state index is 0.0929. The third-order valence-electron chi connectivity index (χ3n) is 6.37. The summed E-state index contributed by atoms with van der Waals surface area (Å²) in [6.07, 6.45) is 9.47. The molecule has 0 bridgehead atoms.